The Morgan fingerprint density at radius 1 is 1.82 bits per heavy atom. The monoisotopic (exact) mass is 155 g/mol. The Morgan fingerprint density at radius 3 is 3.00 bits per heavy atom. The SMILES string of the molecule is Cn1ccc(C(N)CCO)n1. The van der Waals surface area contributed by atoms with Gasteiger partial charge in [0.25, 0.3) is 0 Å². The summed E-state index contributed by atoms with van der Waals surface area (Å²) in [4.78, 5) is 0. The largest absolute Gasteiger partial charge is 0.396 e. The maximum Gasteiger partial charge on any atom is 0.0792 e. The summed E-state index contributed by atoms with van der Waals surface area (Å²) in [5.41, 5.74) is 6.52. The van der Waals surface area contributed by atoms with Crippen molar-refractivity contribution in [3.63, 3.8) is 0 Å². The van der Waals surface area contributed by atoms with Gasteiger partial charge in [-0.15, -0.1) is 0 Å². The van der Waals surface area contributed by atoms with Crippen molar-refractivity contribution in [1.82, 2.24) is 9.78 Å². The first kappa shape index (κ1) is 8.23. The van der Waals surface area contributed by atoms with Gasteiger partial charge in [-0.3, -0.25) is 4.68 Å². The maximum absolute atomic E-state index is 8.59. The summed E-state index contributed by atoms with van der Waals surface area (Å²) in [6, 6.07) is 1.72. The summed E-state index contributed by atoms with van der Waals surface area (Å²) >= 11 is 0. The molecule has 1 heterocycles. The molecule has 0 fully saturated rings. The Hall–Kier alpha value is -0.870. The van der Waals surface area contributed by atoms with E-state index >= 15 is 0 Å². The van der Waals surface area contributed by atoms with E-state index in [0.717, 1.165) is 5.69 Å². The zero-order chi connectivity index (χ0) is 8.27. The molecule has 0 amide bonds. The lowest BCUT2D eigenvalue weighted by Gasteiger charge is -2.04. The number of rotatable bonds is 3. The molecule has 1 unspecified atom stereocenters. The van der Waals surface area contributed by atoms with Crippen LogP contribution in [0.3, 0.4) is 0 Å². The van der Waals surface area contributed by atoms with Gasteiger partial charge in [0, 0.05) is 19.9 Å². The molecular weight excluding hydrogens is 142 g/mol. The molecule has 62 valence electrons. The van der Waals surface area contributed by atoms with Crippen LogP contribution in [0.25, 0.3) is 0 Å². The predicted octanol–water partition coefficient (Wildman–Crippen LogP) is -0.198. The van der Waals surface area contributed by atoms with Crippen LogP contribution in [-0.2, 0) is 7.05 Å². The van der Waals surface area contributed by atoms with Crippen LogP contribution < -0.4 is 5.73 Å². The Morgan fingerprint density at radius 2 is 2.55 bits per heavy atom. The van der Waals surface area contributed by atoms with Crippen LogP contribution in [0.15, 0.2) is 12.3 Å². The summed E-state index contributed by atoms with van der Waals surface area (Å²) in [5, 5.41) is 12.7. The van der Waals surface area contributed by atoms with E-state index in [9.17, 15) is 0 Å². The number of aryl methyl sites for hydroxylation is 1. The van der Waals surface area contributed by atoms with Crippen LogP contribution in [0.4, 0.5) is 0 Å². The fraction of sp³-hybridized carbons (Fsp3) is 0.571. The molecule has 0 aliphatic heterocycles. The molecule has 4 nitrogen and oxygen atoms in total. The molecule has 0 saturated heterocycles. The second-order valence-corrected chi connectivity index (χ2v) is 2.53. The molecule has 1 atom stereocenters. The minimum Gasteiger partial charge on any atom is -0.396 e. The summed E-state index contributed by atoms with van der Waals surface area (Å²) in [7, 11) is 1.84. The number of aliphatic hydroxyl groups excluding tert-OH is 1. The molecule has 1 aromatic rings. The van der Waals surface area contributed by atoms with E-state index in [1.54, 1.807) is 4.68 Å². The third-order valence-electron chi connectivity index (χ3n) is 1.55. The quantitative estimate of drug-likeness (QED) is 0.635. The first-order valence-corrected chi connectivity index (χ1v) is 3.60. The molecule has 4 heteroatoms. The van der Waals surface area contributed by atoms with Crippen molar-refractivity contribution in [2.75, 3.05) is 6.61 Å². The van der Waals surface area contributed by atoms with Crippen molar-refractivity contribution < 1.29 is 5.11 Å². The van der Waals surface area contributed by atoms with E-state index in [0.29, 0.717) is 6.42 Å². The molecule has 0 spiro atoms. The molecule has 11 heavy (non-hydrogen) atoms. The van der Waals surface area contributed by atoms with E-state index < -0.39 is 0 Å². The van der Waals surface area contributed by atoms with Crippen molar-refractivity contribution in [3.8, 4) is 0 Å². The van der Waals surface area contributed by atoms with E-state index in [4.69, 9.17) is 10.8 Å². The Bertz CT molecular complexity index is 221. The highest BCUT2D eigenvalue weighted by molar-refractivity contribution is 5.03. The third-order valence-corrected chi connectivity index (χ3v) is 1.55. The van der Waals surface area contributed by atoms with Gasteiger partial charge in [0.1, 0.15) is 0 Å². The van der Waals surface area contributed by atoms with Crippen LogP contribution in [0.5, 0.6) is 0 Å². The lowest BCUT2D eigenvalue weighted by Crippen LogP contribution is -2.12. The molecule has 0 aromatic carbocycles. The first-order chi connectivity index (χ1) is 5.24. The van der Waals surface area contributed by atoms with Crippen molar-refractivity contribution in [2.45, 2.75) is 12.5 Å². The second kappa shape index (κ2) is 3.50. The third kappa shape index (κ3) is 2.03. The Labute approximate surface area is 65.6 Å². The average molecular weight is 155 g/mol. The predicted molar refractivity (Wildman–Crippen MR) is 41.8 cm³/mol. The van der Waals surface area contributed by atoms with Crippen LogP contribution >= 0.6 is 0 Å². The fourth-order valence-electron chi connectivity index (χ4n) is 0.918. The molecule has 3 N–H and O–H groups in total. The molecule has 0 aliphatic carbocycles. The second-order valence-electron chi connectivity index (χ2n) is 2.53. The highest BCUT2D eigenvalue weighted by Crippen LogP contribution is 2.09. The van der Waals surface area contributed by atoms with Crippen LogP contribution in [0, 0.1) is 0 Å². The molecule has 1 rings (SSSR count). The summed E-state index contributed by atoms with van der Waals surface area (Å²) < 4.78 is 1.70. The lowest BCUT2D eigenvalue weighted by atomic mass is 10.2. The number of nitrogens with two attached hydrogens (primary N) is 1. The van der Waals surface area contributed by atoms with Crippen molar-refractivity contribution in [3.05, 3.63) is 18.0 Å². The number of nitrogens with zero attached hydrogens (tertiary/aromatic N) is 2. The van der Waals surface area contributed by atoms with E-state index in [2.05, 4.69) is 5.10 Å². The maximum atomic E-state index is 8.59. The van der Waals surface area contributed by atoms with Gasteiger partial charge in [0.05, 0.1) is 11.7 Å². The van der Waals surface area contributed by atoms with Gasteiger partial charge in [-0.25, -0.2) is 0 Å². The zero-order valence-electron chi connectivity index (χ0n) is 6.57. The standard InChI is InChI=1S/C7H13N3O/c1-10-4-2-7(9-10)6(8)3-5-11/h2,4,6,11H,3,5,8H2,1H3. The van der Waals surface area contributed by atoms with Crippen molar-refractivity contribution >= 4 is 0 Å². The zero-order valence-corrected chi connectivity index (χ0v) is 6.57. The van der Waals surface area contributed by atoms with Crippen LogP contribution in [-0.4, -0.2) is 21.5 Å². The van der Waals surface area contributed by atoms with Gasteiger partial charge in [0.15, 0.2) is 0 Å². The van der Waals surface area contributed by atoms with Gasteiger partial charge in [-0.05, 0) is 12.5 Å². The van der Waals surface area contributed by atoms with E-state index in [-0.39, 0.29) is 12.6 Å². The fourth-order valence-corrected chi connectivity index (χ4v) is 0.918. The summed E-state index contributed by atoms with van der Waals surface area (Å²) in [6.45, 7) is 0.109. The molecule has 0 aliphatic rings. The first-order valence-electron chi connectivity index (χ1n) is 3.60. The minimum absolute atomic E-state index is 0.109. The highest BCUT2D eigenvalue weighted by atomic mass is 16.3. The number of aromatic nitrogens is 2. The average Bonchev–Trinajstić information content (AvgIpc) is 2.36. The Balaban J connectivity index is 2.60. The molecule has 0 radical (unpaired) electrons. The molecular formula is C7H13N3O. The normalized spacial score (nSPS) is 13.4. The summed E-state index contributed by atoms with van der Waals surface area (Å²) in [5.74, 6) is 0. The van der Waals surface area contributed by atoms with Crippen LogP contribution in [0.2, 0.25) is 0 Å². The Kier molecular flexibility index (Phi) is 2.62. The lowest BCUT2D eigenvalue weighted by molar-refractivity contribution is 0.275. The van der Waals surface area contributed by atoms with E-state index in [1.807, 2.05) is 19.3 Å². The highest BCUT2D eigenvalue weighted by Gasteiger charge is 2.06. The van der Waals surface area contributed by atoms with Gasteiger partial charge in [0.2, 0.25) is 0 Å². The molecule has 0 saturated carbocycles. The molecule has 0 bridgehead atoms. The number of hydrogen-bond acceptors (Lipinski definition) is 3. The summed E-state index contributed by atoms with van der Waals surface area (Å²) in [6.07, 6.45) is 2.41. The minimum atomic E-state index is -0.138. The number of aliphatic hydroxyl groups is 1. The van der Waals surface area contributed by atoms with Crippen molar-refractivity contribution in [1.29, 1.82) is 0 Å². The van der Waals surface area contributed by atoms with Crippen molar-refractivity contribution in [2.24, 2.45) is 12.8 Å². The number of hydrogen-bond donors (Lipinski definition) is 2. The van der Waals surface area contributed by atoms with Gasteiger partial charge >= 0.3 is 0 Å². The molecule has 1 aromatic heterocycles. The van der Waals surface area contributed by atoms with Crippen LogP contribution in [0.1, 0.15) is 18.2 Å². The topological polar surface area (TPSA) is 64.1 Å². The van der Waals surface area contributed by atoms with Gasteiger partial charge in [-0.1, -0.05) is 0 Å². The van der Waals surface area contributed by atoms with Gasteiger partial charge < -0.3 is 10.8 Å². The van der Waals surface area contributed by atoms with E-state index in [1.165, 1.54) is 0 Å². The smallest absolute Gasteiger partial charge is 0.0792 e. The van der Waals surface area contributed by atoms with Gasteiger partial charge in [-0.2, -0.15) is 5.10 Å².